The standard InChI is InChI=1S/C34H29N5/c1-4-14-27(15-5-1)34(28-16-6-2-7-17-28,29-18-8-3-9-19-29)39-32-25-36-31(26-13-12-20-35-24-26)23-30(32)33(37-39)38-21-10-11-22-38/h1-9,12-20,23-25H,10-11,21-22H2. The summed E-state index contributed by atoms with van der Waals surface area (Å²) in [5.74, 6) is 1.02. The van der Waals surface area contributed by atoms with E-state index in [-0.39, 0.29) is 0 Å². The van der Waals surface area contributed by atoms with E-state index in [2.05, 4.69) is 118 Å². The minimum Gasteiger partial charge on any atom is -0.355 e. The van der Waals surface area contributed by atoms with Crippen LogP contribution in [-0.2, 0) is 5.54 Å². The SMILES string of the molecule is c1ccc(C(c2ccccc2)(c2ccccc2)n2nc(N3CCCC3)c3cc(-c4cccnc4)ncc32)cc1. The van der Waals surface area contributed by atoms with Gasteiger partial charge < -0.3 is 4.90 Å². The van der Waals surface area contributed by atoms with Crippen molar-refractivity contribution in [1.82, 2.24) is 19.7 Å². The molecule has 4 heterocycles. The van der Waals surface area contributed by atoms with Gasteiger partial charge in [-0.25, -0.2) is 4.68 Å². The van der Waals surface area contributed by atoms with Gasteiger partial charge >= 0.3 is 0 Å². The summed E-state index contributed by atoms with van der Waals surface area (Å²) in [7, 11) is 0. The molecule has 0 saturated carbocycles. The van der Waals surface area contributed by atoms with E-state index in [4.69, 9.17) is 10.1 Å². The van der Waals surface area contributed by atoms with E-state index in [1.165, 1.54) is 12.8 Å². The molecule has 6 aromatic rings. The zero-order valence-corrected chi connectivity index (χ0v) is 21.7. The molecule has 0 radical (unpaired) electrons. The van der Waals surface area contributed by atoms with Gasteiger partial charge in [0.1, 0.15) is 5.54 Å². The van der Waals surface area contributed by atoms with E-state index >= 15 is 0 Å². The summed E-state index contributed by atoms with van der Waals surface area (Å²) in [5.41, 5.74) is 5.65. The van der Waals surface area contributed by atoms with Crippen molar-refractivity contribution in [2.75, 3.05) is 18.0 Å². The molecule has 0 atom stereocenters. The highest BCUT2D eigenvalue weighted by molar-refractivity contribution is 5.93. The summed E-state index contributed by atoms with van der Waals surface area (Å²) in [6, 6.07) is 38.4. The number of nitrogens with zero attached hydrogens (tertiary/aromatic N) is 5. The lowest BCUT2D eigenvalue weighted by Gasteiger charge is -2.37. The zero-order chi connectivity index (χ0) is 26.1. The molecule has 1 saturated heterocycles. The molecule has 3 aromatic heterocycles. The molecular formula is C34H29N5. The highest BCUT2D eigenvalue weighted by atomic mass is 15.4. The first-order valence-electron chi connectivity index (χ1n) is 13.6. The monoisotopic (exact) mass is 507 g/mol. The van der Waals surface area contributed by atoms with Crippen LogP contribution in [-0.4, -0.2) is 32.8 Å². The molecule has 5 nitrogen and oxygen atoms in total. The molecule has 0 unspecified atom stereocenters. The Morgan fingerprint density at radius 3 is 1.77 bits per heavy atom. The summed E-state index contributed by atoms with van der Waals surface area (Å²) in [6.07, 6.45) is 8.01. The first-order valence-corrected chi connectivity index (χ1v) is 13.6. The molecule has 190 valence electrons. The molecule has 0 aliphatic carbocycles. The fourth-order valence-electron chi connectivity index (χ4n) is 5.99. The topological polar surface area (TPSA) is 46.8 Å². The third kappa shape index (κ3) is 3.89. The predicted molar refractivity (Wildman–Crippen MR) is 157 cm³/mol. The van der Waals surface area contributed by atoms with Gasteiger partial charge in [0.2, 0.25) is 0 Å². The van der Waals surface area contributed by atoms with Crippen molar-refractivity contribution in [2.45, 2.75) is 18.4 Å². The smallest absolute Gasteiger partial charge is 0.158 e. The van der Waals surface area contributed by atoms with Crippen molar-refractivity contribution in [3.63, 3.8) is 0 Å². The van der Waals surface area contributed by atoms with Crippen LogP contribution in [0.1, 0.15) is 29.5 Å². The van der Waals surface area contributed by atoms with Gasteiger partial charge in [0.25, 0.3) is 0 Å². The Balaban J connectivity index is 1.59. The average molecular weight is 508 g/mol. The third-order valence-corrected chi connectivity index (χ3v) is 7.80. The molecule has 1 aliphatic heterocycles. The Bertz CT molecular complexity index is 1590. The molecule has 3 aromatic carbocycles. The number of pyridine rings is 2. The highest BCUT2D eigenvalue weighted by Crippen LogP contribution is 2.44. The zero-order valence-electron chi connectivity index (χ0n) is 21.7. The average Bonchev–Trinajstić information content (AvgIpc) is 3.68. The molecule has 1 fully saturated rings. The number of rotatable bonds is 6. The van der Waals surface area contributed by atoms with Crippen LogP contribution < -0.4 is 4.90 Å². The fourth-order valence-corrected chi connectivity index (χ4v) is 5.99. The van der Waals surface area contributed by atoms with E-state index in [1.54, 1.807) is 6.20 Å². The fraction of sp³-hybridized carbons (Fsp3) is 0.147. The Hall–Kier alpha value is -4.77. The Kier molecular flexibility index (Phi) is 5.89. The van der Waals surface area contributed by atoms with Crippen molar-refractivity contribution in [3.05, 3.63) is 144 Å². The van der Waals surface area contributed by atoms with Gasteiger partial charge in [0, 0.05) is 36.4 Å². The minimum atomic E-state index is -0.697. The maximum atomic E-state index is 5.49. The number of aromatic nitrogens is 4. The lowest BCUT2D eigenvalue weighted by molar-refractivity contribution is 0.475. The van der Waals surface area contributed by atoms with Gasteiger partial charge in [0.05, 0.1) is 17.4 Å². The summed E-state index contributed by atoms with van der Waals surface area (Å²) in [4.78, 5) is 11.7. The van der Waals surface area contributed by atoms with E-state index in [1.807, 2.05) is 18.5 Å². The molecule has 0 amide bonds. The van der Waals surface area contributed by atoms with Gasteiger partial charge in [-0.05, 0) is 47.7 Å². The summed E-state index contributed by atoms with van der Waals surface area (Å²) < 4.78 is 2.22. The van der Waals surface area contributed by atoms with E-state index in [0.717, 1.165) is 57.8 Å². The van der Waals surface area contributed by atoms with Gasteiger partial charge in [0.15, 0.2) is 5.82 Å². The quantitative estimate of drug-likeness (QED) is 0.229. The molecule has 0 bridgehead atoms. The molecule has 0 spiro atoms. The lowest BCUT2D eigenvalue weighted by Crippen LogP contribution is -2.38. The summed E-state index contributed by atoms with van der Waals surface area (Å²) >= 11 is 0. The Labute approximate surface area is 228 Å². The van der Waals surface area contributed by atoms with Crippen molar-refractivity contribution in [2.24, 2.45) is 0 Å². The van der Waals surface area contributed by atoms with Crippen molar-refractivity contribution in [3.8, 4) is 11.3 Å². The van der Waals surface area contributed by atoms with E-state index < -0.39 is 5.54 Å². The third-order valence-electron chi connectivity index (χ3n) is 7.80. The first-order chi connectivity index (χ1) is 19.4. The second kappa shape index (κ2) is 9.84. The summed E-state index contributed by atoms with van der Waals surface area (Å²) in [6.45, 7) is 2.01. The number of fused-ring (bicyclic) bond motifs is 1. The predicted octanol–water partition coefficient (Wildman–Crippen LogP) is 6.93. The van der Waals surface area contributed by atoms with Crippen LogP contribution in [0.5, 0.6) is 0 Å². The second-order valence-electron chi connectivity index (χ2n) is 10.1. The second-order valence-corrected chi connectivity index (χ2v) is 10.1. The van der Waals surface area contributed by atoms with Gasteiger partial charge in [-0.2, -0.15) is 5.10 Å². The highest BCUT2D eigenvalue weighted by Gasteiger charge is 2.41. The van der Waals surface area contributed by atoms with Crippen LogP contribution in [0.3, 0.4) is 0 Å². The maximum Gasteiger partial charge on any atom is 0.158 e. The van der Waals surface area contributed by atoms with Crippen LogP contribution in [0.2, 0.25) is 0 Å². The van der Waals surface area contributed by atoms with Crippen LogP contribution in [0.25, 0.3) is 22.2 Å². The van der Waals surface area contributed by atoms with Gasteiger partial charge in [-0.15, -0.1) is 0 Å². The normalized spacial score (nSPS) is 13.7. The molecular weight excluding hydrogens is 478 g/mol. The molecule has 39 heavy (non-hydrogen) atoms. The number of hydrogen-bond donors (Lipinski definition) is 0. The molecule has 7 rings (SSSR count). The van der Waals surface area contributed by atoms with Crippen molar-refractivity contribution >= 4 is 16.7 Å². The number of benzene rings is 3. The van der Waals surface area contributed by atoms with E-state index in [0.29, 0.717) is 0 Å². The number of hydrogen-bond acceptors (Lipinski definition) is 4. The molecule has 1 aliphatic rings. The minimum absolute atomic E-state index is 0.697. The summed E-state index contributed by atoms with van der Waals surface area (Å²) in [5, 5.41) is 6.60. The Morgan fingerprint density at radius 2 is 1.23 bits per heavy atom. The van der Waals surface area contributed by atoms with Gasteiger partial charge in [-0.3, -0.25) is 9.97 Å². The maximum absolute atomic E-state index is 5.49. The molecule has 5 heteroatoms. The van der Waals surface area contributed by atoms with Crippen molar-refractivity contribution in [1.29, 1.82) is 0 Å². The van der Waals surface area contributed by atoms with Crippen LogP contribution >= 0.6 is 0 Å². The van der Waals surface area contributed by atoms with Crippen LogP contribution in [0, 0.1) is 0 Å². The van der Waals surface area contributed by atoms with Gasteiger partial charge in [-0.1, -0.05) is 91.0 Å². The molecule has 0 N–H and O–H groups in total. The van der Waals surface area contributed by atoms with Crippen LogP contribution in [0.15, 0.2) is 128 Å². The Morgan fingerprint density at radius 1 is 0.641 bits per heavy atom. The number of anilines is 1. The largest absolute Gasteiger partial charge is 0.355 e. The van der Waals surface area contributed by atoms with E-state index in [9.17, 15) is 0 Å². The first kappa shape index (κ1) is 23.4. The van der Waals surface area contributed by atoms with Crippen LogP contribution in [0.4, 0.5) is 5.82 Å². The van der Waals surface area contributed by atoms with Crippen molar-refractivity contribution < 1.29 is 0 Å². The lowest BCUT2D eigenvalue weighted by atomic mass is 9.77.